The van der Waals surface area contributed by atoms with E-state index in [2.05, 4.69) is 15.6 Å². The van der Waals surface area contributed by atoms with Crippen LogP contribution in [-0.2, 0) is 58.8 Å². The van der Waals surface area contributed by atoms with E-state index < -0.39 is 113 Å². The van der Waals surface area contributed by atoms with Crippen LogP contribution in [0.3, 0.4) is 0 Å². The smallest absolute Gasteiger partial charge is 0.408 e. The van der Waals surface area contributed by atoms with Crippen molar-refractivity contribution in [1.82, 2.24) is 20.2 Å². The molecule has 1 aromatic heterocycles. The summed E-state index contributed by atoms with van der Waals surface area (Å²) in [7, 11) is 0. The fraction of sp³-hybridized carbons (Fsp3) is 0.683. The molecule has 60 heavy (non-hydrogen) atoms. The molecule has 0 aliphatic carbocycles. The van der Waals surface area contributed by atoms with E-state index in [1.165, 1.54) is 6.20 Å². The van der Waals surface area contributed by atoms with Crippen molar-refractivity contribution < 1.29 is 61.8 Å². The first-order valence-corrected chi connectivity index (χ1v) is 20.3. The minimum atomic E-state index is -1.68. The van der Waals surface area contributed by atoms with Crippen LogP contribution in [0.15, 0.2) is 52.2 Å². The largest absolute Gasteiger partial charge is 0.458 e. The second kappa shape index (κ2) is 17.5. The number of alkyl carbamates (subject to hydrolysis) is 2. The molecule has 0 radical (unpaired) electrons. The van der Waals surface area contributed by atoms with E-state index in [0.29, 0.717) is 18.4 Å². The first-order chi connectivity index (χ1) is 28.1. The molecule has 0 saturated carbocycles. The molecule has 6 rings (SSSR count). The molecule has 4 fully saturated rings. The van der Waals surface area contributed by atoms with Crippen LogP contribution >= 0.6 is 0 Å². The summed E-state index contributed by atoms with van der Waals surface area (Å²) >= 11 is 0. The van der Waals surface area contributed by atoms with E-state index in [1.54, 1.807) is 79.7 Å². The van der Waals surface area contributed by atoms with Crippen LogP contribution in [0.5, 0.6) is 0 Å². The number of ether oxygens (including phenoxy) is 10. The molecule has 19 heteroatoms. The number of carbonyl (C=O) groups is 3. The number of carbonyl (C=O) groups excluding carboxylic acids is 3. The van der Waals surface area contributed by atoms with Gasteiger partial charge in [-0.25, -0.2) is 19.2 Å². The van der Waals surface area contributed by atoms with Gasteiger partial charge in [-0.2, -0.15) is 0 Å². The van der Waals surface area contributed by atoms with Crippen molar-refractivity contribution in [3.05, 3.63) is 69.0 Å². The van der Waals surface area contributed by atoms with Gasteiger partial charge in [0, 0.05) is 18.8 Å². The summed E-state index contributed by atoms with van der Waals surface area (Å²) in [4.78, 5) is 68.4. The quantitative estimate of drug-likeness (QED) is 0.194. The Bertz CT molecular complexity index is 1950. The van der Waals surface area contributed by atoms with E-state index in [1.807, 2.05) is 19.9 Å². The maximum atomic E-state index is 14.4. The van der Waals surface area contributed by atoms with Gasteiger partial charge in [0.2, 0.25) is 0 Å². The van der Waals surface area contributed by atoms with Crippen molar-refractivity contribution in [2.24, 2.45) is 0 Å². The number of amides is 2. The van der Waals surface area contributed by atoms with Gasteiger partial charge < -0.3 is 58.0 Å². The normalized spacial score (nSPS) is 28.9. The number of fused-ring (bicyclic) bond motifs is 2. The lowest BCUT2D eigenvalue weighted by Gasteiger charge is -2.36. The summed E-state index contributed by atoms with van der Waals surface area (Å²) in [6.07, 6.45) is -9.46. The zero-order chi connectivity index (χ0) is 43.8. The van der Waals surface area contributed by atoms with Gasteiger partial charge in [0.1, 0.15) is 60.5 Å². The van der Waals surface area contributed by atoms with Crippen LogP contribution in [0, 0.1) is 0 Å². The lowest BCUT2D eigenvalue weighted by Crippen LogP contribution is -2.59. The molecule has 5 heterocycles. The monoisotopic (exact) mass is 846 g/mol. The minimum absolute atomic E-state index is 0.0694. The molecular formula is C41H58N4O15. The van der Waals surface area contributed by atoms with Crippen molar-refractivity contribution in [2.75, 3.05) is 6.54 Å². The highest BCUT2D eigenvalue weighted by atomic mass is 16.8. The van der Waals surface area contributed by atoms with Gasteiger partial charge in [-0.3, -0.25) is 14.3 Å². The molecule has 4 aliphatic rings. The zero-order valence-electron chi connectivity index (χ0n) is 35.7. The molecule has 2 amide bonds. The Kier molecular flexibility index (Phi) is 13.2. The van der Waals surface area contributed by atoms with Crippen LogP contribution < -0.4 is 21.9 Å². The molecule has 3 N–H and O–H groups in total. The molecule has 4 aliphatic heterocycles. The summed E-state index contributed by atoms with van der Waals surface area (Å²) in [6.45, 7) is 17.2. The Hall–Kier alpha value is -4.37. The van der Waals surface area contributed by atoms with Crippen LogP contribution in [0.4, 0.5) is 9.59 Å². The lowest BCUT2D eigenvalue weighted by molar-refractivity contribution is -0.275. The molecule has 1 aromatic carbocycles. The van der Waals surface area contributed by atoms with Gasteiger partial charge >= 0.3 is 23.8 Å². The van der Waals surface area contributed by atoms with E-state index in [0.717, 1.165) is 10.6 Å². The second-order valence-corrected chi connectivity index (χ2v) is 17.6. The third-order valence-electron chi connectivity index (χ3n) is 10.2. The van der Waals surface area contributed by atoms with Gasteiger partial charge in [0.15, 0.2) is 30.1 Å². The molecule has 332 valence electrons. The van der Waals surface area contributed by atoms with E-state index in [4.69, 9.17) is 47.4 Å². The topological polar surface area (TPSA) is 222 Å². The highest BCUT2D eigenvalue weighted by Crippen LogP contribution is 2.47. The Balaban J connectivity index is 1.40. The summed E-state index contributed by atoms with van der Waals surface area (Å²) in [5, 5.41) is 5.39. The number of esters is 1. The number of aromatic amines is 1. The Labute approximate surface area is 347 Å². The third-order valence-corrected chi connectivity index (χ3v) is 10.2. The van der Waals surface area contributed by atoms with Crippen molar-refractivity contribution in [2.45, 2.75) is 173 Å². The number of hydrogen-bond donors (Lipinski definition) is 3. The van der Waals surface area contributed by atoms with E-state index in [-0.39, 0.29) is 13.2 Å². The van der Waals surface area contributed by atoms with Gasteiger partial charge in [-0.15, -0.1) is 0 Å². The Morgan fingerprint density at radius 1 is 0.833 bits per heavy atom. The van der Waals surface area contributed by atoms with E-state index in [9.17, 15) is 24.0 Å². The summed E-state index contributed by atoms with van der Waals surface area (Å²) in [5.41, 5.74) is -2.55. The van der Waals surface area contributed by atoms with Crippen LogP contribution in [0.25, 0.3) is 0 Å². The van der Waals surface area contributed by atoms with Crippen molar-refractivity contribution in [3.63, 3.8) is 0 Å². The predicted octanol–water partition coefficient (Wildman–Crippen LogP) is 3.53. The Morgan fingerprint density at radius 3 is 2.12 bits per heavy atom. The van der Waals surface area contributed by atoms with Crippen LogP contribution in [0.2, 0.25) is 0 Å². The van der Waals surface area contributed by atoms with E-state index >= 15 is 0 Å². The van der Waals surface area contributed by atoms with Gasteiger partial charge in [-0.1, -0.05) is 44.2 Å². The molecule has 10 atom stereocenters. The minimum Gasteiger partial charge on any atom is -0.458 e. The van der Waals surface area contributed by atoms with Crippen LogP contribution in [-0.4, -0.2) is 112 Å². The Morgan fingerprint density at radius 2 is 1.48 bits per heavy atom. The number of nitrogens with one attached hydrogen (secondary N) is 3. The third kappa shape index (κ3) is 10.6. The molecule has 0 spiro atoms. The predicted molar refractivity (Wildman–Crippen MR) is 209 cm³/mol. The number of rotatable bonds is 13. The highest BCUT2D eigenvalue weighted by molar-refractivity contribution is 5.82. The number of H-pyrrole nitrogens is 1. The molecule has 2 aromatic rings. The van der Waals surface area contributed by atoms with Gasteiger partial charge in [-0.05, 0) is 73.8 Å². The molecular weight excluding hydrogens is 788 g/mol. The first kappa shape index (κ1) is 45.2. The molecule has 0 bridgehead atoms. The fourth-order valence-corrected chi connectivity index (χ4v) is 7.59. The molecule has 2 unspecified atom stereocenters. The highest BCUT2D eigenvalue weighted by Gasteiger charge is 2.63. The number of nitrogens with zero attached hydrogens (tertiary/aromatic N) is 1. The number of benzene rings is 1. The van der Waals surface area contributed by atoms with Crippen molar-refractivity contribution in [3.8, 4) is 0 Å². The fourth-order valence-electron chi connectivity index (χ4n) is 7.59. The lowest BCUT2D eigenvalue weighted by atomic mass is 9.98. The summed E-state index contributed by atoms with van der Waals surface area (Å²) in [5.74, 6) is -3.19. The van der Waals surface area contributed by atoms with Crippen molar-refractivity contribution >= 4 is 18.2 Å². The number of hydrogen-bond acceptors (Lipinski definition) is 15. The SMILES string of the molecule is CCC1(CC)O[C@@H]2C(CNC(=O)OC(C)(C)C)OC(O[C@H]([C@H]3O[C@@H](n4ccc(=O)[nH]c4=O)[C@@H]4OC(C)(C)O[C@H]34)[C@H](NC(=O)OCc3ccccc3)C(=O)OC(C)(C)C)[C@@H]2O1. The van der Waals surface area contributed by atoms with Crippen LogP contribution in [0.1, 0.15) is 93.9 Å². The average molecular weight is 847 g/mol. The van der Waals surface area contributed by atoms with Gasteiger partial charge in [0.05, 0.1) is 0 Å². The zero-order valence-corrected chi connectivity index (χ0v) is 35.7. The average Bonchev–Trinajstić information content (AvgIpc) is 3.88. The standard InChI is InChI=1S/C41H58N4O15/c1-11-41(12-2)57-26-23(20-42-36(49)60-39(6,7)8)52-34(31(26)58-41)54-27(25(33(47)59-38(3,4)5)44-37(50)51-21-22-16-14-13-15-17-22)28-29-30(56-40(9,10)55-29)32(53-28)45-19-18-24(46)43-35(45)48/h13-19,23,25-32,34H,11-12,20-21H2,1-10H3,(H,42,49)(H,44,50)(H,43,46,48)/t23?,25-,26+,27-,28+,29+,30+,31+,32+,34?/m0/s1. The molecule has 4 saturated heterocycles. The summed E-state index contributed by atoms with van der Waals surface area (Å²) in [6, 6.07) is 8.42. The summed E-state index contributed by atoms with van der Waals surface area (Å²) < 4.78 is 63.7. The van der Waals surface area contributed by atoms with Crippen molar-refractivity contribution in [1.29, 1.82) is 0 Å². The number of aromatic nitrogens is 2. The maximum Gasteiger partial charge on any atom is 0.408 e. The molecule has 19 nitrogen and oxygen atoms in total. The second-order valence-electron chi connectivity index (χ2n) is 17.6. The van der Waals surface area contributed by atoms with Gasteiger partial charge in [0.25, 0.3) is 5.56 Å². The maximum absolute atomic E-state index is 14.4. The first-order valence-electron chi connectivity index (χ1n) is 20.3.